The molecule has 0 unspecified atom stereocenters. The van der Waals surface area contributed by atoms with Crippen molar-refractivity contribution in [3.63, 3.8) is 0 Å². The van der Waals surface area contributed by atoms with E-state index >= 15 is 0 Å². The Hall–Kier alpha value is -2.44. The molecule has 1 aromatic carbocycles. The molecule has 0 atom stereocenters. The van der Waals surface area contributed by atoms with Crippen LogP contribution in [0.4, 0.5) is 8.78 Å². The molecule has 1 heterocycles. The van der Waals surface area contributed by atoms with Crippen LogP contribution >= 0.6 is 0 Å². The van der Waals surface area contributed by atoms with E-state index in [9.17, 15) is 13.6 Å². The van der Waals surface area contributed by atoms with Crippen molar-refractivity contribution in [1.82, 2.24) is 5.16 Å². The maximum Gasteiger partial charge on any atom is 0.374 e. The third-order valence-corrected chi connectivity index (χ3v) is 2.24. The Kier molecular flexibility index (Phi) is 2.97. The predicted octanol–water partition coefficient (Wildman–Crippen LogP) is 2.33. The Balaban J connectivity index is 2.50. The molecule has 0 saturated heterocycles. The third-order valence-electron chi connectivity index (χ3n) is 2.24. The average molecular weight is 255 g/mol. The molecule has 18 heavy (non-hydrogen) atoms. The normalized spacial score (nSPS) is 10.4. The zero-order valence-electron chi connectivity index (χ0n) is 9.11. The number of carbonyl (C=O) groups is 1. The second-order valence-corrected chi connectivity index (χ2v) is 3.35. The van der Waals surface area contributed by atoms with Crippen molar-refractivity contribution in [3.8, 4) is 17.0 Å². The van der Waals surface area contributed by atoms with E-state index in [1.54, 1.807) is 0 Å². The maximum atomic E-state index is 13.6. The Bertz CT molecular complexity index is 609. The topological polar surface area (TPSA) is 72.6 Å². The SMILES string of the molecule is COc1cc(F)c(-c2cc(C(=O)O)on2)cc1F. The lowest BCUT2D eigenvalue weighted by Crippen LogP contribution is -1.93. The second-order valence-electron chi connectivity index (χ2n) is 3.35. The molecule has 0 aliphatic carbocycles. The summed E-state index contributed by atoms with van der Waals surface area (Å²) >= 11 is 0. The highest BCUT2D eigenvalue weighted by molar-refractivity contribution is 5.85. The van der Waals surface area contributed by atoms with Gasteiger partial charge >= 0.3 is 5.97 Å². The van der Waals surface area contributed by atoms with Gasteiger partial charge in [-0.2, -0.15) is 0 Å². The van der Waals surface area contributed by atoms with E-state index in [0.717, 1.165) is 18.2 Å². The molecular formula is C11H7F2NO4. The van der Waals surface area contributed by atoms with Crippen molar-refractivity contribution in [2.24, 2.45) is 0 Å². The highest BCUT2D eigenvalue weighted by Crippen LogP contribution is 2.28. The molecule has 94 valence electrons. The minimum absolute atomic E-state index is 0.105. The zero-order chi connectivity index (χ0) is 13.3. The minimum Gasteiger partial charge on any atom is -0.494 e. The molecule has 0 radical (unpaired) electrons. The number of aromatic nitrogens is 1. The molecule has 5 nitrogen and oxygen atoms in total. The standard InChI is InChI=1S/C11H7F2NO4/c1-17-9-3-6(12)5(2-7(9)13)8-4-10(11(15)16)18-14-8/h2-4H,1H3,(H,15,16). The second kappa shape index (κ2) is 4.44. The molecule has 1 aromatic heterocycles. The number of benzene rings is 1. The summed E-state index contributed by atoms with van der Waals surface area (Å²) in [5, 5.41) is 12.0. The van der Waals surface area contributed by atoms with Gasteiger partial charge in [0.25, 0.3) is 0 Å². The van der Waals surface area contributed by atoms with Crippen LogP contribution in [0.25, 0.3) is 11.3 Å². The van der Waals surface area contributed by atoms with Crippen molar-refractivity contribution in [3.05, 3.63) is 35.6 Å². The summed E-state index contributed by atoms with van der Waals surface area (Å²) in [5.41, 5.74) is -0.309. The van der Waals surface area contributed by atoms with Crippen LogP contribution < -0.4 is 4.74 Å². The molecule has 2 rings (SSSR count). The number of ether oxygens (including phenoxy) is 1. The van der Waals surface area contributed by atoms with Crippen molar-refractivity contribution < 1.29 is 27.9 Å². The Morgan fingerprint density at radius 3 is 2.61 bits per heavy atom. The van der Waals surface area contributed by atoms with E-state index in [4.69, 9.17) is 5.11 Å². The average Bonchev–Trinajstić information content (AvgIpc) is 2.81. The fraction of sp³-hybridized carbons (Fsp3) is 0.0909. The van der Waals surface area contributed by atoms with E-state index in [1.165, 1.54) is 7.11 Å². The molecule has 1 N–H and O–H groups in total. The molecule has 0 amide bonds. The fourth-order valence-corrected chi connectivity index (χ4v) is 1.38. The van der Waals surface area contributed by atoms with Crippen LogP contribution in [0.15, 0.2) is 22.7 Å². The summed E-state index contributed by atoms with van der Waals surface area (Å²) in [6, 6.07) is 2.71. The van der Waals surface area contributed by atoms with E-state index in [0.29, 0.717) is 0 Å². The first-order chi connectivity index (χ1) is 8.52. The highest BCUT2D eigenvalue weighted by atomic mass is 19.1. The van der Waals surface area contributed by atoms with Gasteiger partial charge < -0.3 is 14.4 Å². The van der Waals surface area contributed by atoms with Crippen LogP contribution in [0.2, 0.25) is 0 Å². The number of rotatable bonds is 3. The summed E-state index contributed by atoms with van der Waals surface area (Å²) in [4.78, 5) is 10.6. The number of carboxylic acid groups (broad SMARTS) is 1. The molecule has 0 spiro atoms. The minimum atomic E-state index is -1.34. The number of hydrogen-bond donors (Lipinski definition) is 1. The first kappa shape index (κ1) is 12.0. The van der Waals surface area contributed by atoms with Gasteiger partial charge in [-0.25, -0.2) is 13.6 Å². The Labute approximate surface area is 99.6 Å². The number of carboxylic acids is 1. The van der Waals surface area contributed by atoms with Gasteiger partial charge in [-0.15, -0.1) is 0 Å². The molecule has 7 heteroatoms. The highest BCUT2D eigenvalue weighted by Gasteiger charge is 2.17. The summed E-state index contributed by atoms with van der Waals surface area (Å²) in [7, 11) is 1.20. The third kappa shape index (κ3) is 2.02. The van der Waals surface area contributed by atoms with Crippen molar-refractivity contribution in [2.75, 3.05) is 7.11 Å². The largest absolute Gasteiger partial charge is 0.494 e. The summed E-state index contributed by atoms with van der Waals surface area (Å²) < 4.78 is 36.1. The van der Waals surface area contributed by atoms with E-state index in [1.807, 2.05) is 0 Å². The van der Waals surface area contributed by atoms with Gasteiger partial charge in [-0.3, -0.25) is 0 Å². The van der Waals surface area contributed by atoms with E-state index in [-0.39, 0.29) is 17.0 Å². The smallest absolute Gasteiger partial charge is 0.374 e. The molecule has 0 aliphatic heterocycles. The van der Waals surface area contributed by atoms with Crippen molar-refractivity contribution >= 4 is 5.97 Å². The van der Waals surface area contributed by atoms with E-state index in [2.05, 4.69) is 14.4 Å². The summed E-state index contributed by atoms with van der Waals surface area (Å²) in [6.45, 7) is 0. The molecule has 0 saturated carbocycles. The van der Waals surface area contributed by atoms with Crippen LogP contribution in [0.1, 0.15) is 10.6 Å². The maximum absolute atomic E-state index is 13.6. The summed E-state index contributed by atoms with van der Waals surface area (Å²) in [5.74, 6) is -3.63. The number of halogens is 2. The van der Waals surface area contributed by atoms with Gasteiger partial charge in [0.2, 0.25) is 5.76 Å². The van der Waals surface area contributed by atoms with Gasteiger partial charge in [0, 0.05) is 17.7 Å². The van der Waals surface area contributed by atoms with Crippen LogP contribution in [0.5, 0.6) is 5.75 Å². The fourth-order valence-electron chi connectivity index (χ4n) is 1.38. The number of aromatic carboxylic acids is 1. The first-order valence-electron chi connectivity index (χ1n) is 4.76. The van der Waals surface area contributed by atoms with Crippen molar-refractivity contribution in [2.45, 2.75) is 0 Å². The van der Waals surface area contributed by atoms with Crippen LogP contribution in [0.3, 0.4) is 0 Å². The van der Waals surface area contributed by atoms with Gasteiger partial charge in [0.05, 0.1) is 7.11 Å². The van der Waals surface area contributed by atoms with E-state index < -0.39 is 23.4 Å². The molecular weight excluding hydrogens is 248 g/mol. The lowest BCUT2D eigenvalue weighted by molar-refractivity contribution is 0.0652. The van der Waals surface area contributed by atoms with Crippen LogP contribution in [0, 0.1) is 11.6 Å². The molecule has 2 aromatic rings. The molecule has 0 aliphatic rings. The quantitative estimate of drug-likeness (QED) is 0.911. The van der Waals surface area contributed by atoms with Crippen LogP contribution in [-0.4, -0.2) is 23.3 Å². The lowest BCUT2D eigenvalue weighted by atomic mass is 10.1. The van der Waals surface area contributed by atoms with Gasteiger partial charge in [-0.05, 0) is 6.07 Å². The monoisotopic (exact) mass is 255 g/mol. The van der Waals surface area contributed by atoms with Gasteiger partial charge in [-0.1, -0.05) is 5.16 Å². The summed E-state index contributed by atoms with van der Waals surface area (Å²) in [6.07, 6.45) is 0. The number of hydrogen-bond acceptors (Lipinski definition) is 4. The van der Waals surface area contributed by atoms with Crippen molar-refractivity contribution in [1.29, 1.82) is 0 Å². The van der Waals surface area contributed by atoms with Crippen LogP contribution in [-0.2, 0) is 0 Å². The predicted molar refractivity (Wildman–Crippen MR) is 55.4 cm³/mol. The molecule has 0 fully saturated rings. The number of nitrogens with zero attached hydrogens (tertiary/aromatic N) is 1. The van der Waals surface area contributed by atoms with Gasteiger partial charge in [0.15, 0.2) is 11.6 Å². The zero-order valence-corrected chi connectivity index (χ0v) is 9.11. The Morgan fingerprint density at radius 2 is 2.06 bits per heavy atom. The Morgan fingerprint density at radius 1 is 1.33 bits per heavy atom. The first-order valence-corrected chi connectivity index (χ1v) is 4.76. The van der Waals surface area contributed by atoms with Gasteiger partial charge in [0.1, 0.15) is 11.5 Å². The lowest BCUT2D eigenvalue weighted by Gasteiger charge is -2.04. The number of methoxy groups -OCH3 is 1. The molecule has 0 bridgehead atoms.